The minimum atomic E-state index is -0.323. The Morgan fingerprint density at radius 1 is 1.10 bits per heavy atom. The molecular weight excluding hydrogens is 290 g/mol. The van der Waals surface area contributed by atoms with Crippen molar-refractivity contribution in [2.45, 2.75) is 39.8 Å². The van der Waals surface area contributed by atoms with Crippen LogP contribution in [0.15, 0.2) is 24.3 Å². The van der Waals surface area contributed by atoms with Crippen molar-refractivity contribution in [2.75, 3.05) is 5.32 Å². The van der Waals surface area contributed by atoms with Crippen LogP contribution >= 0.6 is 12.4 Å². The van der Waals surface area contributed by atoms with Gasteiger partial charge in [0, 0.05) is 12.1 Å². The fourth-order valence-electron chi connectivity index (χ4n) is 1.62. The lowest BCUT2D eigenvalue weighted by Gasteiger charge is -2.17. The predicted octanol–water partition coefficient (Wildman–Crippen LogP) is 2.17. The molecule has 2 amide bonds. The molecule has 118 valence electrons. The summed E-state index contributed by atoms with van der Waals surface area (Å²) in [7, 11) is 0. The van der Waals surface area contributed by atoms with Gasteiger partial charge in [-0.05, 0) is 32.9 Å². The normalized spacial score (nSPS) is 13.0. The summed E-state index contributed by atoms with van der Waals surface area (Å²) < 4.78 is 0. The quantitative estimate of drug-likeness (QED) is 0.779. The maximum atomic E-state index is 12.1. The summed E-state index contributed by atoms with van der Waals surface area (Å²) in [4.78, 5) is 24.1. The molecule has 0 spiro atoms. The van der Waals surface area contributed by atoms with Gasteiger partial charge in [0.1, 0.15) is 0 Å². The highest BCUT2D eigenvalue weighted by molar-refractivity contribution is 6.04. The van der Waals surface area contributed by atoms with Crippen molar-refractivity contribution in [3.05, 3.63) is 29.8 Å². The smallest absolute Gasteiger partial charge is 0.253 e. The van der Waals surface area contributed by atoms with E-state index in [2.05, 4.69) is 10.6 Å². The molecule has 2 atom stereocenters. The molecule has 1 aromatic rings. The monoisotopic (exact) mass is 313 g/mol. The van der Waals surface area contributed by atoms with E-state index in [0.29, 0.717) is 11.3 Å². The number of halogens is 1. The van der Waals surface area contributed by atoms with E-state index in [1.807, 2.05) is 13.8 Å². The third-order valence-corrected chi connectivity index (χ3v) is 3.05. The van der Waals surface area contributed by atoms with Crippen LogP contribution in [0.4, 0.5) is 5.69 Å². The van der Waals surface area contributed by atoms with Gasteiger partial charge in [-0.3, -0.25) is 9.59 Å². The van der Waals surface area contributed by atoms with Crippen molar-refractivity contribution in [3.8, 4) is 0 Å². The minimum absolute atomic E-state index is 0. The van der Waals surface area contributed by atoms with Crippen LogP contribution in [0.2, 0.25) is 0 Å². The summed E-state index contributed by atoms with van der Waals surface area (Å²) in [6.45, 7) is 7.31. The molecule has 0 aromatic heterocycles. The van der Waals surface area contributed by atoms with Crippen molar-refractivity contribution < 1.29 is 9.59 Å². The number of rotatable bonds is 5. The van der Waals surface area contributed by atoms with E-state index >= 15 is 0 Å². The summed E-state index contributed by atoms with van der Waals surface area (Å²) in [6.07, 6.45) is 0. The van der Waals surface area contributed by atoms with Crippen LogP contribution in [0.1, 0.15) is 38.1 Å². The first-order chi connectivity index (χ1) is 9.32. The Labute approximate surface area is 132 Å². The van der Waals surface area contributed by atoms with Gasteiger partial charge in [-0.25, -0.2) is 0 Å². The molecule has 21 heavy (non-hydrogen) atoms. The molecule has 1 aromatic carbocycles. The van der Waals surface area contributed by atoms with E-state index in [1.54, 1.807) is 38.1 Å². The van der Waals surface area contributed by atoms with E-state index < -0.39 is 0 Å². The first-order valence-corrected chi connectivity index (χ1v) is 6.79. The topological polar surface area (TPSA) is 84.2 Å². The number of carbonyl (C=O) groups is 2. The Bertz CT molecular complexity index is 490. The number of hydrogen-bond donors (Lipinski definition) is 3. The lowest BCUT2D eigenvalue weighted by molar-refractivity contribution is -0.119. The second-order valence-corrected chi connectivity index (χ2v) is 5.31. The highest BCUT2D eigenvalue weighted by atomic mass is 35.5. The molecule has 4 N–H and O–H groups in total. The van der Waals surface area contributed by atoms with Crippen LogP contribution in [0.3, 0.4) is 0 Å². The Morgan fingerprint density at radius 2 is 1.67 bits per heavy atom. The van der Waals surface area contributed by atoms with Crippen LogP contribution in [0.25, 0.3) is 0 Å². The van der Waals surface area contributed by atoms with Gasteiger partial charge in [0.15, 0.2) is 0 Å². The van der Waals surface area contributed by atoms with E-state index in [1.165, 1.54) is 0 Å². The largest absolute Gasteiger partial charge is 0.350 e. The maximum Gasteiger partial charge on any atom is 0.253 e. The van der Waals surface area contributed by atoms with Crippen molar-refractivity contribution in [3.63, 3.8) is 0 Å². The fourth-order valence-corrected chi connectivity index (χ4v) is 1.62. The molecule has 1 rings (SSSR count). The molecule has 0 bridgehead atoms. The highest BCUT2D eigenvalue weighted by Crippen LogP contribution is 2.16. The van der Waals surface area contributed by atoms with E-state index in [4.69, 9.17) is 5.73 Å². The highest BCUT2D eigenvalue weighted by Gasteiger charge is 2.19. The molecule has 2 unspecified atom stereocenters. The summed E-state index contributed by atoms with van der Waals surface area (Å²) in [6, 6.07) is 6.73. The zero-order valence-corrected chi connectivity index (χ0v) is 13.7. The molecule has 0 aliphatic carbocycles. The number of nitrogens with one attached hydrogen (secondary N) is 2. The van der Waals surface area contributed by atoms with Gasteiger partial charge in [-0.1, -0.05) is 19.1 Å². The zero-order valence-electron chi connectivity index (χ0n) is 12.8. The van der Waals surface area contributed by atoms with Crippen molar-refractivity contribution in [1.29, 1.82) is 0 Å². The number of nitrogens with two attached hydrogens (primary N) is 1. The van der Waals surface area contributed by atoms with E-state index in [0.717, 1.165) is 0 Å². The Hall–Kier alpha value is -1.59. The van der Waals surface area contributed by atoms with Gasteiger partial charge >= 0.3 is 0 Å². The number of hydrogen-bond acceptors (Lipinski definition) is 3. The van der Waals surface area contributed by atoms with E-state index in [-0.39, 0.29) is 42.2 Å². The third kappa shape index (κ3) is 5.73. The second kappa shape index (κ2) is 8.64. The Balaban J connectivity index is 0.00000400. The number of para-hydroxylation sites is 1. The van der Waals surface area contributed by atoms with Gasteiger partial charge < -0.3 is 16.4 Å². The third-order valence-electron chi connectivity index (χ3n) is 3.05. The zero-order chi connectivity index (χ0) is 15.3. The number of anilines is 1. The summed E-state index contributed by atoms with van der Waals surface area (Å²) in [5.41, 5.74) is 6.67. The Kier molecular flexibility index (Phi) is 7.99. The molecule has 0 radical (unpaired) electrons. The van der Waals surface area contributed by atoms with Crippen molar-refractivity contribution >= 4 is 29.9 Å². The van der Waals surface area contributed by atoms with Gasteiger partial charge in [-0.2, -0.15) is 0 Å². The van der Waals surface area contributed by atoms with Gasteiger partial charge in [-0.15, -0.1) is 12.4 Å². The SMILES string of the molecule is CC(C)NC(=O)c1ccccc1NC(=O)C(C)C(C)N.Cl. The maximum absolute atomic E-state index is 12.1. The molecule has 0 aliphatic rings. The van der Waals surface area contributed by atoms with Crippen molar-refractivity contribution in [1.82, 2.24) is 5.32 Å². The first kappa shape index (κ1) is 19.4. The predicted molar refractivity (Wildman–Crippen MR) is 87.7 cm³/mol. The van der Waals surface area contributed by atoms with E-state index in [9.17, 15) is 9.59 Å². The van der Waals surface area contributed by atoms with Crippen LogP contribution in [-0.2, 0) is 4.79 Å². The van der Waals surface area contributed by atoms with Crippen LogP contribution in [0, 0.1) is 5.92 Å². The average molecular weight is 314 g/mol. The molecule has 5 nitrogen and oxygen atoms in total. The van der Waals surface area contributed by atoms with Gasteiger partial charge in [0.25, 0.3) is 5.91 Å². The standard InChI is InChI=1S/C15H23N3O2.ClH/c1-9(2)17-15(20)12-7-5-6-8-13(12)18-14(19)10(3)11(4)16;/h5-11H,16H2,1-4H3,(H,17,20)(H,18,19);1H. The average Bonchev–Trinajstić information content (AvgIpc) is 2.37. The Morgan fingerprint density at radius 3 is 2.19 bits per heavy atom. The lowest BCUT2D eigenvalue weighted by Crippen LogP contribution is -2.35. The molecule has 0 saturated carbocycles. The molecule has 0 saturated heterocycles. The number of carbonyl (C=O) groups excluding carboxylic acids is 2. The summed E-state index contributed by atoms with van der Waals surface area (Å²) in [5.74, 6) is -0.717. The first-order valence-electron chi connectivity index (χ1n) is 6.79. The summed E-state index contributed by atoms with van der Waals surface area (Å²) >= 11 is 0. The lowest BCUT2D eigenvalue weighted by atomic mass is 10.0. The van der Waals surface area contributed by atoms with Crippen LogP contribution < -0.4 is 16.4 Å². The minimum Gasteiger partial charge on any atom is -0.350 e. The van der Waals surface area contributed by atoms with Crippen LogP contribution in [0.5, 0.6) is 0 Å². The number of amides is 2. The fraction of sp³-hybridized carbons (Fsp3) is 0.467. The van der Waals surface area contributed by atoms with Crippen LogP contribution in [-0.4, -0.2) is 23.9 Å². The van der Waals surface area contributed by atoms with Crippen molar-refractivity contribution in [2.24, 2.45) is 11.7 Å². The molecule has 0 heterocycles. The summed E-state index contributed by atoms with van der Waals surface area (Å²) in [5, 5.41) is 5.58. The van der Waals surface area contributed by atoms with Gasteiger partial charge in [0.2, 0.25) is 5.91 Å². The van der Waals surface area contributed by atoms with Gasteiger partial charge in [0.05, 0.1) is 17.2 Å². The second-order valence-electron chi connectivity index (χ2n) is 5.31. The molecule has 0 fully saturated rings. The molecule has 6 heteroatoms. The number of benzene rings is 1. The molecule has 0 aliphatic heterocycles. The molecular formula is C15H24ClN3O2.